The van der Waals surface area contributed by atoms with E-state index in [4.69, 9.17) is 19.4 Å². The number of rotatable bonds is 14. The van der Waals surface area contributed by atoms with E-state index in [1.54, 1.807) is 0 Å². The van der Waals surface area contributed by atoms with Crippen molar-refractivity contribution in [2.75, 3.05) is 26.4 Å². The van der Waals surface area contributed by atoms with Gasteiger partial charge in [-0.2, -0.15) is 0 Å². The molecule has 0 atom stereocenters. The molecule has 1 N–H and O–H groups in total. The van der Waals surface area contributed by atoms with E-state index in [1.807, 2.05) is 6.92 Å². The molecule has 1 amide bonds. The summed E-state index contributed by atoms with van der Waals surface area (Å²) >= 11 is 0. The smallest absolute Gasteiger partial charge is 0.317 e. The number of amides is 1. The van der Waals surface area contributed by atoms with Crippen LogP contribution < -0.4 is 5.32 Å². The van der Waals surface area contributed by atoms with E-state index in [1.165, 1.54) is 0 Å². The standard InChI is InChI=1S/C15H32N2O5/c1-5-9-12-19-17(20-13-10-6-2,21-14-11-7-3)22-15(18)16-8-4/h5-14H2,1-4H3/p+1. The first kappa shape index (κ1) is 21.1. The van der Waals surface area contributed by atoms with Gasteiger partial charge in [-0.1, -0.05) is 54.5 Å². The number of nitrogens with one attached hydrogen (secondary N) is 1. The Hall–Kier alpha value is -0.890. The highest BCUT2D eigenvalue weighted by molar-refractivity contribution is 5.66. The molecule has 0 aromatic heterocycles. The largest absolute Gasteiger partial charge is 0.476 e. The highest BCUT2D eigenvalue weighted by Gasteiger charge is 2.42. The highest BCUT2D eigenvalue weighted by atomic mass is 17.4. The number of quaternary nitrogens is 1. The van der Waals surface area contributed by atoms with Gasteiger partial charge in [-0.05, 0) is 26.2 Å². The van der Waals surface area contributed by atoms with Crippen LogP contribution in [-0.4, -0.2) is 37.6 Å². The number of hydrogen-bond acceptors (Lipinski definition) is 5. The normalized spacial score (nSPS) is 11.5. The molecule has 0 aromatic rings. The maximum atomic E-state index is 11.8. The molecule has 132 valence electrons. The third kappa shape index (κ3) is 9.94. The van der Waals surface area contributed by atoms with Crippen molar-refractivity contribution >= 4 is 6.09 Å². The van der Waals surface area contributed by atoms with Crippen molar-refractivity contribution in [1.29, 1.82) is 0 Å². The third-order valence-corrected chi connectivity index (χ3v) is 2.76. The van der Waals surface area contributed by atoms with Gasteiger partial charge in [-0.25, -0.2) is 4.79 Å². The van der Waals surface area contributed by atoms with Crippen LogP contribution in [0, 0.1) is 0 Å². The Bertz CT molecular complexity index is 250. The highest BCUT2D eigenvalue weighted by Crippen LogP contribution is 2.16. The van der Waals surface area contributed by atoms with E-state index in [9.17, 15) is 4.79 Å². The molecule has 0 heterocycles. The molecule has 0 aliphatic carbocycles. The fourth-order valence-corrected chi connectivity index (χ4v) is 1.43. The fourth-order valence-electron chi connectivity index (χ4n) is 1.43. The molecule has 0 aromatic carbocycles. The summed E-state index contributed by atoms with van der Waals surface area (Å²) < 4.78 is 0. The van der Waals surface area contributed by atoms with Gasteiger partial charge in [0.15, 0.2) is 0 Å². The van der Waals surface area contributed by atoms with Crippen molar-refractivity contribution in [2.24, 2.45) is 0 Å². The van der Waals surface area contributed by atoms with Gasteiger partial charge in [0, 0.05) is 6.54 Å². The first-order valence-electron chi connectivity index (χ1n) is 8.44. The van der Waals surface area contributed by atoms with Crippen LogP contribution in [0.4, 0.5) is 4.79 Å². The lowest BCUT2D eigenvalue weighted by molar-refractivity contribution is -1.46. The Kier molecular flexibility index (Phi) is 13.2. The second-order valence-corrected chi connectivity index (χ2v) is 4.92. The Morgan fingerprint density at radius 1 is 0.818 bits per heavy atom. The Labute approximate surface area is 134 Å². The molecule has 0 aliphatic heterocycles. The van der Waals surface area contributed by atoms with Crippen molar-refractivity contribution in [3.63, 3.8) is 0 Å². The lowest BCUT2D eigenvalue weighted by Crippen LogP contribution is -2.51. The first-order chi connectivity index (χ1) is 10.6. The van der Waals surface area contributed by atoms with Crippen LogP contribution in [-0.2, 0) is 19.4 Å². The summed E-state index contributed by atoms with van der Waals surface area (Å²) in [6, 6.07) is 0. The zero-order valence-electron chi connectivity index (χ0n) is 14.6. The van der Waals surface area contributed by atoms with Crippen LogP contribution in [0.1, 0.15) is 66.2 Å². The predicted molar refractivity (Wildman–Crippen MR) is 83.0 cm³/mol. The Morgan fingerprint density at radius 2 is 1.23 bits per heavy atom. The molecule has 0 spiro atoms. The molecule has 0 saturated carbocycles. The fraction of sp³-hybridized carbons (Fsp3) is 0.933. The van der Waals surface area contributed by atoms with Gasteiger partial charge >= 0.3 is 6.09 Å². The summed E-state index contributed by atoms with van der Waals surface area (Å²) in [5.41, 5.74) is 0. The lowest BCUT2D eigenvalue weighted by Gasteiger charge is -2.24. The van der Waals surface area contributed by atoms with Crippen LogP contribution in [0.5, 0.6) is 0 Å². The monoisotopic (exact) mass is 321 g/mol. The summed E-state index contributed by atoms with van der Waals surface area (Å²) in [4.78, 5) is 33.8. The number of unbranched alkanes of at least 4 members (excludes halogenated alkanes) is 3. The van der Waals surface area contributed by atoms with E-state index < -0.39 is 11.2 Å². The third-order valence-electron chi connectivity index (χ3n) is 2.76. The molecule has 22 heavy (non-hydrogen) atoms. The summed E-state index contributed by atoms with van der Waals surface area (Å²) in [6.45, 7) is 9.58. The molecule has 0 bridgehead atoms. The van der Waals surface area contributed by atoms with Gasteiger partial charge in [-0.3, -0.25) is 0 Å². The summed E-state index contributed by atoms with van der Waals surface area (Å²) in [5.74, 6) is 0. The maximum absolute atomic E-state index is 11.8. The second-order valence-electron chi connectivity index (χ2n) is 4.92. The zero-order valence-corrected chi connectivity index (χ0v) is 14.6. The van der Waals surface area contributed by atoms with Crippen LogP contribution in [0.2, 0.25) is 0 Å². The van der Waals surface area contributed by atoms with Crippen LogP contribution in [0.3, 0.4) is 0 Å². The summed E-state index contributed by atoms with van der Waals surface area (Å²) in [7, 11) is 0. The van der Waals surface area contributed by atoms with Crippen molar-refractivity contribution < 1.29 is 29.3 Å². The summed E-state index contributed by atoms with van der Waals surface area (Å²) in [5, 5.41) is 1.57. The molecular formula is C15H33N2O5+. The molecule has 0 rings (SSSR count). The van der Waals surface area contributed by atoms with Crippen LogP contribution in [0.25, 0.3) is 0 Å². The van der Waals surface area contributed by atoms with E-state index in [-0.39, 0.29) is 0 Å². The molecule has 7 heteroatoms. The topological polar surface area (TPSA) is 66.0 Å². The van der Waals surface area contributed by atoms with Gasteiger partial charge in [0.05, 0.1) is 0 Å². The maximum Gasteiger partial charge on any atom is 0.476 e. The molecule has 0 fully saturated rings. The van der Waals surface area contributed by atoms with Crippen molar-refractivity contribution in [1.82, 2.24) is 5.32 Å². The molecule has 7 nitrogen and oxygen atoms in total. The molecule has 0 saturated heterocycles. The first-order valence-corrected chi connectivity index (χ1v) is 8.44. The van der Waals surface area contributed by atoms with Gasteiger partial charge in [0.1, 0.15) is 19.8 Å². The van der Waals surface area contributed by atoms with E-state index in [0.29, 0.717) is 26.4 Å². The van der Waals surface area contributed by atoms with Gasteiger partial charge in [0.25, 0.3) is 5.14 Å². The van der Waals surface area contributed by atoms with Crippen molar-refractivity contribution in [2.45, 2.75) is 66.2 Å². The van der Waals surface area contributed by atoms with E-state index in [0.717, 1.165) is 38.5 Å². The van der Waals surface area contributed by atoms with Gasteiger partial charge < -0.3 is 5.32 Å². The Balaban J connectivity index is 4.79. The molecule has 0 radical (unpaired) electrons. The number of carbonyl (C=O) groups excluding carboxylic acids is 1. The summed E-state index contributed by atoms with van der Waals surface area (Å²) in [6.07, 6.45) is 4.74. The minimum atomic E-state index is -0.980. The number of carbonyl (C=O) groups is 1. The van der Waals surface area contributed by atoms with Crippen LogP contribution >= 0.6 is 0 Å². The molecular weight excluding hydrogens is 288 g/mol. The van der Waals surface area contributed by atoms with Crippen molar-refractivity contribution in [3.05, 3.63) is 0 Å². The average molecular weight is 321 g/mol. The Morgan fingerprint density at radius 3 is 1.55 bits per heavy atom. The van der Waals surface area contributed by atoms with Crippen molar-refractivity contribution in [3.8, 4) is 0 Å². The zero-order chi connectivity index (χ0) is 16.7. The lowest BCUT2D eigenvalue weighted by atomic mass is 10.4. The predicted octanol–water partition coefficient (Wildman–Crippen LogP) is 3.66. The van der Waals surface area contributed by atoms with E-state index in [2.05, 4.69) is 26.1 Å². The van der Waals surface area contributed by atoms with Gasteiger partial charge in [0.2, 0.25) is 0 Å². The number of hydrogen-bond donors (Lipinski definition) is 1. The van der Waals surface area contributed by atoms with Gasteiger partial charge in [-0.15, -0.1) is 4.84 Å². The molecule has 0 aliphatic rings. The average Bonchev–Trinajstić information content (AvgIpc) is 2.48. The van der Waals surface area contributed by atoms with E-state index >= 15 is 0 Å². The quantitative estimate of drug-likeness (QED) is 0.300. The minimum Gasteiger partial charge on any atom is -0.317 e. The number of nitrogens with zero attached hydrogens (tertiary/aromatic N) is 1. The molecule has 0 unspecified atom stereocenters. The second kappa shape index (κ2) is 13.8. The van der Waals surface area contributed by atoms with Crippen LogP contribution in [0.15, 0.2) is 0 Å². The SMILES string of the molecule is CCCCO[N+](OCCCC)(OCCCC)OC(=O)NCC. The minimum absolute atomic E-state index is 0.383.